The van der Waals surface area contributed by atoms with Crippen molar-refractivity contribution in [3.05, 3.63) is 23.8 Å². The lowest BCUT2D eigenvalue weighted by atomic mass is 9.90. The van der Waals surface area contributed by atoms with Crippen molar-refractivity contribution in [1.82, 2.24) is 5.32 Å². The number of nitrogens with one attached hydrogen (secondary N) is 1. The first-order chi connectivity index (χ1) is 10.9. The average Bonchev–Trinajstić information content (AvgIpc) is 2.43. The third kappa shape index (κ3) is 5.09. The predicted molar refractivity (Wildman–Crippen MR) is 91.4 cm³/mol. The van der Waals surface area contributed by atoms with Crippen LogP contribution >= 0.6 is 0 Å². The Morgan fingerprint density at radius 1 is 1.29 bits per heavy atom. The van der Waals surface area contributed by atoms with Gasteiger partial charge in [-0.25, -0.2) is 8.42 Å². The first-order valence-electron chi connectivity index (χ1n) is 7.57. The second kappa shape index (κ2) is 6.53. The molecule has 1 unspecified atom stereocenters. The van der Waals surface area contributed by atoms with E-state index >= 15 is 0 Å². The Balaban J connectivity index is 2.34. The monoisotopic (exact) mass is 377 g/mol. The van der Waals surface area contributed by atoms with E-state index in [0.717, 1.165) is 6.26 Å². The highest BCUT2D eigenvalue weighted by Crippen LogP contribution is 2.41. The molecule has 0 saturated carbocycles. The third-order valence-electron chi connectivity index (χ3n) is 3.68. The summed E-state index contributed by atoms with van der Waals surface area (Å²) in [5.74, 6) is 0.653. The lowest BCUT2D eigenvalue weighted by molar-refractivity contribution is 0.0669. The number of hydrogen-bond acceptors (Lipinski definition) is 7. The molecular weight excluding hydrogens is 354 g/mol. The van der Waals surface area contributed by atoms with E-state index in [0.29, 0.717) is 17.7 Å². The van der Waals surface area contributed by atoms with Crippen LogP contribution in [-0.2, 0) is 20.0 Å². The zero-order valence-electron chi connectivity index (χ0n) is 14.2. The Morgan fingerprint density at radius 2 is 1.96 bits per heavy atom. The molecule has 0 amide bonds. The molecule has 0 radical (unpaired) electrons. The van der Waals surface area contributed by atoms with Crippen molar-refractivity contribution in [2.45, 2.75) is 38.8 Å². The van der Waals surface area contributed by atoms with Crippen LogP contribution in [0.1, 0.15) is 38.8 Å². The fraction of sp³-hybridized carbons (Fsp3) is 0.600. The molecule has 9 heteroatoms. The molecule has 0 spiro atoms. The summed E-state index contributed by atoms with van der Waals surface area (Å²) in [5, 5.41) is 3.04. The first-order valence-corrected chi connectivity index (χ1v) is 11.2. The molecule has 0 aliphatic carbocycles. The lowest BCUT2D eigenvalue weighted by Crippen LogP contribution is -2.41. The van der Waals surface area contributed by atoms with Gasteiger partial charge >= 0.3 is 10.1 Å². The van der Waals surface area contributed by atoms with Crippen LogP contribution < -0.4 is 14.2 Å². The van der Waals surface area contributed by atoms with Crippen molar-refractivity contribution in [1.29, 1.82) is 0 Å². The minimum absolute atomic E-state index is 0.0523. The largest absolute Gasteiger partial charge is 0.487 e. The Hall–Kier alpha value is -1.32. The van der Waals surface area contributed by atoms with Gasteiger partial charge in [-0.05, 0) is 32.0 Å². The van der Waals surface area contributed by atoms with Crippen LogP contribution in [0, 0.1) is 0 Å². The Morgan fingerprint density at radius 3 is 2.54 bits per heavy atom. The zero-order valence-corrected chi connectivity index (χ0v) is 15.8. The maximum atomic E-state index is 11.8. The summed E-state index contributed by atoms with van der Waals surface area (Å²) in [5.41, 5.74) is 0.210. The van der Waals surface area contributed by atoms with Crippen LogP contribution in [0.5, 0.6) is 11.5 Å². The van der Waals surface area contributed by atoms with E-state index < -0.39 is 25.6 Å². The molecule has 1 atom stereocenters. The van der Waals surface area contributed by atoms with Crippen molar-refractivity contribution < 1.29 is 25.8 Å². The first kappa shape index (κ1) is 19.0. The SMILES string of the molecule is CCS(=O)(=O)CNC1CC(C)(C)Oc2ccc(OS(C)(=O)=O)cc21. The quantitative estimate of drug-likeness (QED) is 0.752. The number of benzene rings is 1. The lowest BCUT2D eigenvalue weighted by Gasteiger charge is -2.38. The van der Waals surface area contributed by atoms with Crippen LogP contribution in [0.3, 0.4) is 0 Å². The van der Waals surface area contributed by atoms with Gasteiger partial charge in [-0.3, -0.25) is 5.32 Å². The molecule has 7 nitrogen and oxygen atoms in total. The summed E-state index contributed by atoms with van der Waals surface area (Å²) < 4.78 is 56.9. The van der Waals surface area contributed by atoms with Gasteiger partial charge in [0.1, 0.15) is 17.1 Å². The Kier molecular flexibility index (Phi) is 5.17. The highest BCUT2D eigenvalue weighted by Gasteiger charge is 2.34. The van der Waals surface area contributed by atoms with E-state index in [1.165, 1.54) is 6.07 Å². The van der Waals surface area contributed by atoms with Crippen molar-refractivity contribution in [2.24, 2.45) is 0 Å². The van der Waals surface area contributed by atoms with Crippen LogP contribution in [0.25, 0.3) is 0 Å². The summed E-state index contributed by atoms with van der Waals surface area (Å²) in [6.45, 7) is 5.43. The average molecular weight is 377 g/mol. The van der Waals surface area contributed by atoms with Crippen LogP contribution in [0.2, 0.25) is 0 Å². The third-order valence-corrected chi connectivity index (χ3v) is 5.66. The maximum absolute atomic E-state index is 11.8. The normalized spacial score (nSPS) is 20.1. The molecule has 0 saturated heterocycles. The minimum atomic E-state index is -3.64. The van der Waals surface area contributed by atoms with Gasteiger partial charge < -0.3 is 8.92 Å². The fourth-order valence-electron chi connectivity index (χ4n) is 2.57. The number of hydrogen-bond donors (Lipinski definition) is 1. The van der Waals surface area contributed by atoms with E-state index in [4.69, 9.17) is 8.92 Å². The highest BCUT2D eigenvalue weighted by molar-refractivity contribution is 7.91. The molecule has 1 aliphatic heterocycles. The molecule has 0 bridgehead atoms. The van der Waals surface area contributed by atoms with Gasteiger partial charge in [0.25, 0.3) is 0 Å². The second-order valence-corrected chi connectivity index (χ2v) is 10.4. The molecule has 136 valence electrons. The number of ether oxygens (including phenoxy) is 1. The van der Waals surface area contributed by atoms with Gasteiger partial charge in [-0.2, -0.15) is 8.42 Å². The summed E-state index contributed by atoms with van der Waals surface area (Å²) >= 11 is 0. The van der Waals surface area contributed by atoms with Gasteiger partial charge in [0.05, 0.1) is 12.1 Å². The predicted octanol–water partition coefficient (Wildman–Crippen LogP) is 1.61. The topological polar surface area (TPSA) is 98.8 Å². The van der Waals surface area contributed by atoms with E-state index in [1.54, 1.807) is 19.1 Å². The summed E-state index contributed by atoms with van der Waals surface area (Å²) in [7, 11) is -6.82. The van der Waals surface area contributed by atoms with Crippen LogP contribution in [0.4, 0.5) is 0 Å². The fourth-order valence-corrected chi connectivity index (χ4v) is 3.68. The van der Waals surface area contributed by atoms with Crippen molar-refractivity contribution in [2.75, 3.05) is 17.9 Å². The zero-order chi connectivity index (χ0) is 18.2. The van der Waals surface area contributed by atoms with Crippen molar-refractivity contribution >= 4 is 20.0 Å². The van der Waals surface area contributed by atoms with E-state index in [-0.39, 0.29) is 23.4 Å². The van der Waals surface area contributed by atoms with Crippen LogP contribution in [0.15, 0.2) is 18.2 Å². The van der Waals surface area contributed by atoms with Gasteiger partial charge in [0, 0.05) is 23.8 Å². The van der Waals surface area contributed by atoms with Crippen molar-refractivity contribution in [3.8, 4) is 11.5 Å². The molecule has 2 rings (SSSR count). The molecule has 1 aliphatic rings. The molecule has 1 aromatic rings. The van der Waals surface area contributed by atoms with E-state index in [2.05, 4.69) is 5.32 Å². The van der Waals surface area contributed by atoms with Gasteiger partial charge in [0.2, 0.25) is 0 Å². The van der Waals surface area contributed by atoms with E-state index in [1.807, 2.05) is 13.8 Å². The maximum Gasteiger partial charge on any atom is 0.306 e. The van der Waals surface area contributed by atoms with Crippen molar-refractivity contribution in [3.63, 3.8) is 0 Å². The second-order valence-electron chi connectivity index (χ2n) is 6.49. The number of rotatable bonds is 6. The Bertz CT molecular complexity index is 814. The summed E-state index contributed by atoms with van der Waals surface area (Å²) in [6.07, 6.45) is 1.51. The van der Waals surface area contributed by atoms with Gasteiger partial charge in [-0.15, -0.1) is 0 Å². The molecule has 1 N–H and O–H groups in total. The number of fused-ring (bicyclic) bond motifs is 1. The number of sulfone groups is 1. The van der Waals surface area contributed by atoms with Gasteiger partial charge in [0.15, 0.2) is 9.84 Å². The van der Waals surface area contributed by atoms with Crippen LogP contribution in [-0.4, -0.2) is 40.3 Å². The minimum Gasteiger partial charge on any atom is -0.487 e. The highest BCUT2D eigenvalue weighted by atomic mass is 32.2. The van der Waals surface area contributed by atoms with Gasteiger partial charge in [-0.1, -0.05) is 6.92 Å². The molecule has 0 aromatic heterocycles. The standard InChI is InChI=1S/C15H23NO6S2/c1-5-24(19,20)10-16-13-9-15(2,3)21-14-7-6-11(8-12(13)14)22-23(4,17)18/h6-8,13,16H,5,9-10H2,1-4H3. The summed E-state index contributed by atoms with van der Waals surface area (Å²) in [6, 6.07) is 4.44. The smallest absolute Gasteiger partial charge is 0.306 e. The van der Waals surface area contributed by atoms with E-state index in [9.17, 15) is 16.8 Å². The molecular formula is C15H23NO6S2. The molecule has 1 heterocycles. The summed E-state index contributed by atoms with van der Waals surface area (Å²) in [4.78, 5) is 0. The molecule has 0 fully saturated rings. The Labute approximate surface area is 143 Å². The molecule has 24 heavy (non-hydrogen) atoms. The molecule has 1 aromatic carbocycles.